The third-order valence-electron chi connectivity index (χ3n) is 4.02. The third kappa shape index (κ3) is 3.83. The first-order chi connectivity index (χ1) is 8.87. The fourth-order valence-corrected chi connectivity index (χ4v) is 3.00. The molecule has 5 nitrogen and oxygen atoms in total. The van der Waals surface area contributed by atoms with Crippen molar-refractivity contribution in [3.63, 3.8) is 0 Å². The van der Waals surface area contributed by atoms with E-state index in [2.05, 4.69) is 5.32 Å². The largest absolute Gasteiger partial charge is 0.444 e. The van der Waals surface area contributed by atoms with Crippen LogP contribution < -0.4 is 5.32 Å². The molecule has 2 rings (SSSR count). The zero-order chi connectivity index (χ0) is 14.0. The van der Waals surface area contributed by atoms with Crippen LogP contribution in [-0.4, -0.2) is 54.0 Å². The van der Waals surface area contributed by atoms with Crippen molar-refractivity contribution in [3.05, 3.63) is 0 Å². The smallest absolute Gasteiger partial charge is 0.410 e. The first-order valence-corrected chi connectivity index (χ1v) is 7.23. The van der Waals surface area contributed by atoms with Gasteiger partial charge in [0.2, 0.25) is 0 Å². The van der Waals surface area contributed by atoms with Crippen molar-refractivity contribution in [2.75, 3.05) is 26.2 Å². The van der Waals surface area contributed by atoms with Gasteiger partial charge in [0.1, 0.15) is 5.60 Å². The summed E-state index contributed by atoms with van der Waals surface area (Å²) in [4.78, 5) is 13.7. The number of β-amino-alcohol motifs (C(OH)–C–C–N with tert-alkyl or cyclic N) is 1. The Morgan fingerprint density at radius 2 is 1.89 bits per heavy atom. The molecule has 0 aromatic carbocycles. The minimum Gasteiger partial charge on any atom is -0.444 e. The van der Waals surface area contributed by atoms with Crippen molar-refractivity contribution in [2.24, 2.45) is 11.8 Å². The van der Waals surface area contributed by atoms with Crippen molar-refractivity contribution in [1.82, 2.24) is 10.2 Å². The molecule has 2 saturated heterocycles. The standard InChI is InChI=1S/C14H26N2O3/c1-14(2,3)19-13(18)16-6-4-10(5-7-16)11-8-15-9-12(11)17/h10-12,15,17H,4-9H2,1-3H3. The van der Waals surface area contributed by atoms with E-state index in [1.807, 2.05) is 20.8 Å². The van der Waals surface area contributed by atoms with E-state index in [1.165, 1.54) is 0 Å². The topological polar surface area (TPSA) is 61.8 Å². The Kier molecular flexibility index (Phi) is 4.36. The second-order valence-electron chi connectivity index (χ2n) is 6.69. The maximum absolute atomic E-state index is 11.9. The third-order valence-corrected chi connectivity index (χ3v) is 4.02. The van der Waals surface area contributed by atoms with Crippen LogP contribution >= 0.6 is 0 Å². The average molecular weight is 270 g/mol. The lowest BCUT2D eigenvalue weighted by atomic mass is 9.82. The molecule has 110 valence electrons. The number of amides is 1. The van der Waals surface area contributed by atoms with E-state index in [-0.39, 0.29) is 12.2 Å². The predicted octanol–water partition coefficient (Wildman–Crippen LogP) is 1.21. The highest BCUT2D eigenvalue weighted by molar-refractivity contribution is 5.68. The summed E-state index contributed by atoms with van der Waals surface area (Å²) in [5.41, 5.74) is -0.431. The predicted molar refractivity (Wildman–Crippen MR) is 72.9 cm³/mol. The molecular weight excluding hydrogens is 244 g/mol. The van der Waals surface area contributed by atoms with Crippen molar-refractivity contribution in [3.8, 4) is 0 Å². The lowest BCUT2D eigenvalue weighted by Gasteiger charge is -2.36. The Morgan fingerprint density at radius 1 is 1.26 bits per heavy atom. The normalized spacial score (nSPS) is 29.6. The molecule has 2 heterocycles. The van der Waals surface area contributed by atoms with E-state index in [1.54, 1.807) is 4.90 Å². The van der Waals surface area contributed by atoms with Gasteiger partial charge in [-0.25, -0.2) is 4.79 Å². The number of carbonyl (C=O) groups excluding carboxylic acids is 1. The lowest BCUT2D eigenvalue weighted by Crippen LogP contribution is -2.44. The average Bonchev–Trinajstić information content (AvgIpc) is 2.73. The zero-order valence-corrected chi connectivity index (χ0v) is 12.2. The molecule has 2 N–H and O–H groups in total. The molecule has 1 amide bonds. The number of rotatable bonds is 1. The minimum absolute atomic E-state index is 0.212. The van der Waals surface area contributed by atoms with Crippen LogP contribution in [0.3, 0.4) is 0 Å². The molecule has 19 heavy (non-hydrogen) atoms. The Balaban J connectivity index is 1.80. The number of aliphatic hydroxyl groups is 1. The van der Waals surface area contributed by atoms with Gasteiger partial charge >= 0.3 is 6.09 Å². The number of aliphatic hydroxyl groups excluding tert-OH is 1. The summed E-state index contributed by atoms with van der Waals surface area (Å²) in [6.45, 7) is 8.75. The van der Waals surface area contributed by atoms with Crippen LogP contribution in [0.5, 0.6) is 0 Å². The maximum Gasteiger partial charge on any atom is 0.410 e. The SMILES string of the molecule is CC(C)(C)OC(=O)N1CCC(C2CNCC2O)CC1. The lowest BCUT2D eigenvalue weighted by molar-refractivity contribution is 0.0123. The monoisotopic (exact) mass is 270 g/mol. The highest BCUT2D eigenvalue weighted by Crippen LogP contribution is 2.29. The number of carbonyl (C=O) groups is 1. The Labute approximate surface area is 115 Å². The van der Waals surface area contributed by atoms with Gasteiger partial charge < -0.3 is 20.1 Å². The zero-order valence-electron chi connectivity index (χ0n) is 12.2. The minimum atomic E-state index is -0.431. The molecule has 2 unspecified atom stereocenters. The Hall–Kier alpha value is -0.810. The van der Waals surface area contributed by atoms with Gasteiger partial charge in [-0.15, -0.1) is 0 Å². The van der Waals surface area contributed by atoms with E-state index < -0.39 is 5.60 Å². The summed E-state index contributed by atoms with van der Waals surface area (Å²) < 4.78 is 5.38. The molecule has 2 aliphatic heterocycles. The number of nitrogens with one attached hydrogen (secondary N) is 1. The molecule has 2 aliphatic rings. The summed E-state index contributed by atoms with van der Waals surface area (Å²) in [5, 5.41) is 13.1. The fraction of sp³-hybridized carbons (Fsp3) is 0.929. The van der Waals surface area contributed by atoms with Crippen LogP contribution in [0, 0.1) is 11.8 Å². The molecule has 0 bridgehead atoms. The van der Waals surface area contributed by atoms with E-state index in [9.17, 15) is 9.90 Å². The first-order valence-electron chi connectivity index (χ1n) is 7.23. The number of hydrogen-bond donors (Lipinski definition) is 2. The van der Waals surface area contributed by atoms with Crippen LogP contribution in [0.1, 0.15) is 33.6 Å². The molecule has 2 fully saturated rings. The first kappa shape index (κ1) is 14.6. The van der Waals surface area contributed by atoms with Crippen LogP contribution in [0.2, 0.25) is 0 Å². The molecule has 5 heteroatoms. The molecule has 2 atom stereocenters. The highest BCUT2D eigenvalue weighted by Gasteiger charge is 2.35. The molecule has 0 spiro atoms. The number of ether oxygens (including phenoxy) is 1. The van der Waals surface area contributed by atoms with Gasteiger partial charge in [0.25, 0.3) is 0 Å². The van der Waals surface area contributed by atoms with Gasteiger partial charge in [0.15, 0.2) is 0 Å². The summed E-state index contributed by atoms with van der Waals surface area (Å²) in [7, 11) is 0. The Bertz CT molecular complexity index is 319. The van der Waals surface area contributed by atoms with Crippen molar-refractivity contribution in [2.45, 2.75) is 45.3 Å². The number of piperidine rings is 1. The van der Waals surface area contributed by atoms with Gasteiger partial charge in [0, 0.05) is 32.1 Å². The van der Waals surface area contributed by atoms with Gasteiger partial charge in [0.05, 0.1) is 6.10 Å². The summed E-state index contributed by atoms with van der Waals surface area (Å²) in [6.07, 6.45) is 1.49. The Morgan fingerprint density at radius 3 is 2.37 bits per heavy atom. The second kappa shape index (κ2) is 5.67. The van der Waals surface area contributed by atoms with Crippen LogP contribution in [0.15, 0.2) is 0 Å². The summed E-state index contributed by atoms with van der Waals surface area (Å²) in [6, 6.07) is 0. The van der Waals surface area contributed by atoms with Crippen molar-refractivity contribution in [1.29, 1.82) is 0 Å². The number of hydrogen-bond acceptors (Lipinski definition) is 4. The fourth-order valence-electron chi connectivity index (χ4n) is 3.00. The van der Waals surface area contributed by atoms with E-state index in [0.29, 0.717) is 18.4 Å². The number of nitrogens with zero attached hydrogens (tertiary/aromatic N) is 1. The van der Waals surface area contributed by atoms with Gasteiger partial charge in [-0.2, -0.15) is 0 Å². The second-order valence-corrected chi connectivity index (χ2v) is 6.69. The van der Waals surface area contributed by atoms with E-state index in [0.717, 1.165) is 32.5 Å². The van der Waals surface area contributed by atoms with E-state index >= 15 is 0 Å². The highest BCUT2D eigenvalue weighted by atomic mass is 16.6. The quantitative estimate of drug-likeness (QED) is 0.752. The molecule has 0 radical (unpaired) electrons. The van der Waals surface area contributed by atoms with Crippen molar-refractivity contribution >= 4 is 6.09 Å². The molecular formula is C14H26N2O3. The number of likely N-dealkylation sites (tertiary alicyclic amines) is 1. The van der Waals surface area contributed by atoms with Gasteiger partial charge in [-0.1, -0.05) is 0 Å². The molecule has 0 aromatic heterocycles. The van der Waals surface area contributed by atoms with Gasteiger partial charge in [-0.05, 0) is 39.5 Å². The van der Waals surface area contributed by atoms with Crippen molar-refractivity contribution < 1.29 is 14.6 Å². The molecule has 0 aromatic rings. The van der Waals surface area contributed by atoms with Crippen LogP contribution in [0.4, 0.5) is 4.79 Å². The summed E-state index contributed by atoms with van der Waals surface area (Å²) in [5.74, 6) is 0.865. The molecule has 0 saturated carbocycles. The van der Waals surface area contributed by atoms with Crippen LogP contribution in [0.25, 0.3) is 0 Å². The van der Waals surface area contributed by atoms with E-state index in [4.69, 9.17) is 4.74 Å². The van der Waals surface area contributed by atoms with Crippen LogP contribution in [-0.2, 0) is 4.74 Å². The maximum atomic E-state index is 11.9. The van der Waals surface area contributed by atoms with Gasteiger partial charge in [-0.3, -0.25) is 0 Å². The molecule has 0 aliphatic carbocycles. The summed E-state index contributed by atoms with van der Waals surface area (Å²) >= 11 is 0.